The molecule has 0 bridgehead atoms. The lowest BCUT2D eigenvalue weighted by Gasteiger charge is -2.39. The van der Waals surface area contributed by atoms with E-state index in [0.717, 1.165) is 32.2 Å². The van der Waals surface area contributed by atoms with Crippen molar-refractivity contribution in [3.63, 3.8) is 0 Å². The van der Waals surface area contributed by atoms with E-state index in [0.29, 0.717) is 6.04 Å². The zero-order chi connectivity index (χ0) is 14.6. The largest absolute Gasteiger partial charge is 0.370 e. The highest BCUT2D eigenvalue weighted by molar-refractivity contribution is 5.33. The molecule has 0 heterocycles. The Labute approximate surface area is 123 Å². The van der Waals surface area contributed by atoms with Gasteiger partial charge in [-0.15, -0.1) is 0 Å². The first-order valence-electron chi connectivity index (χ1n) is 8.06. The quantitative estimate of drug-likeness (QED) is 0.838. The number of rotatable bonds is 6. The molecule has 2 nitrogen and oxygen atoms in total. The maximum atomic E-state index is 6.43. The van der Waals surface area contributed by atoms with Gasteiger partial charge in [0.1, 0.15) is 0 Å². The summed E-state index contributed by atoms with van der Waals surface area (Å²) in [6.45, 7) is 9.86. The monoisotopic (exact) mass is 275 g/mol. The number of ether oxygens (including phenoxy) is 1. The Morgan fingerprint density at radius 1 is 1.25 bits per heavy atom. The van der Waals surface area contributed by atoms with Crippen molar-refractivity contribution in [3.8, 4) is 0 Å². The van der Waals surface area contributed by atoms with Gasteiger partial charge in [-0.05, 0) is 57.2 Å². The van der Waals surface area contributed by atoms with Gasteiger partial charge in [0.2, 0.25) is 0 Å². The molecule has 0 amide bonds. The molecule has 0 fully saturated rings. The Bertz CT molecular complexity index is 427. The number of aryl methyl sites for hydroxylation is 1. The number of fused-ring (bicyclic) bond motifs is 1. The van der Waals surface area contributed by atoms with Gasteiger partial charge in [0.05, 0.1) is 17.7 Å². The Morgan fingerprint density at radius 3 is 2.70 bits per heavy atom. The molecular weight excluding hydrogens is 246 g/mol. The van der Waals surface area contributed by atoms with Crippen LogP contribution in [0.25, 0.3) is 0 Å². The standard InChI is InChI=1S/C18H29NO/c1-5-13-19-17-15-10-8-7-9-14(15)11-12-16(17)20-18(3,4)6-2/h7-10,16-17,19H,5-6,11-13H2,1-4H3. The van der Waals surface area contributed by atoms with E-state index in [1.165, 1.54) is 11.1 Å². The second kappa shape index (κ2) is 6.73. The van der Waals surface area contributed by atoms with Crippen molar-refractivity contribution in [1.82, 2.24) is 5.32 Å². The third kappa shape index (κ3) is 3.62. The van der Waals surface area contributed by atoms with Crippen LogP contribution in [-0.4, -0.2) is 18.2 Å². The van der Waals surface area contributed by atoms with Crippen LogP contribution in [0.5, 0.6) is 0 Å². The molecule has 1 aliphatic carbocycles. The molecular formula is C18H29NO. The summed E-state index contributed by atoms with van der Waals surface area (Å²) in [7, 11) is 0. The zero-order valence-electron chi connectivity index (χ0n) is 13.4. The smallest absolute Gasteiger partial charge is 0.0780 e. The fourth-order valence-electron chi connectivity index (χ4n) is 2.89. The van der Waals surface area contributed by atoms with E-state index in [-0.39, 0.29) is 11.7 Å². The Hall–Kier alpha value is -0.860. The average Bonchev–Trinajstić information content (AvgIpc) is 2.46. The fraction of sp³-hybridized carbons (Fsp3) is 0.667. The Kier molecular flexibility index (Phi) is 5.22. The molecule has 0 saturated carbocycles. The van der Waals surface area contributed by atoms with Crippen molar-refractivity contribution in [2.75, 3.05) is 6.54 Å². The van der Waals surface area contributed by atoms with Gasteiger partial charge < -0.3 is 10.1 Å². The molecule has 20 heavy (non-hydrogen) atoms. The molecule has 0 saturated heterocycles. The summed E-state index contributed by atoms with van der Waals surface area (Å²) < 4.78 is 6.43. The first kappa shape index (κ1) is 15.5. The van der Waals surface area contributed by atoms with Crippen molar-refractivity contribution in [2.24, 2.45) is 0 Å². The van der Waals surface area contributed by atoms with Crippen LogP contribution in [0, 0.1) is 0 Å². The van der Waals surface area contributed by atoms with Crippen LogP contribution < -0.4 is 5.32 Å². The second-order valence-corrected chi connectivity index (χ2v) is 6.44. The maximum Gasteiger partial charge on any atom is 0.0780 e. The number of nitrogens with one attached hydrogen (secondary N) is 1. The third-order valence-corrected chi connectivity index (χ3v) is 4.40. The summed E-state index contributed by atoms with van der Waals surface area (Å²) >= 11 is 0. The third-order valence-electron chi connectivity index (χ3n) is 4.40. The van der Waals surface area contributed by atoms with Gasteiger partial charge in [-0.3, -0.25) is 0 Å². The second-order valence-electron chi connectivity index (χ2n) is 6.44. The predicted octanol–water partition coefficient (Wildman–Crippen LogP) is 4.25. The summed E-state index contributed by atoms with van der Waals surface area (Å²) in [5, 5.41) is 3.70. The van der Waals surface area contributed by atoms with Gasteiger partial charge in [-0.25, -0.2) is 0 Å². The molecule has 0 radical (unpaired) electrons. The van der Waals surface area contributed by atoms with Gasteiger partial charge in [0.25, 0.3) is 0 Å². The van der Waals surface area contributed by atoms with Crippen LogP contribution in [0.4, 0.5) is 0 Å². The lowest BCUT2D eigenvalue weighted by molar-refractivity contribution is -0.0937. The minimum absolute atomic E-state index is 0.0386. The Morgan fingerprint density at radius 2 is 2.00 bits per heavy atom. The normalized spacial score (nSPS) is 22.6. The van der Waals surface area contributed by atoms with E-state index >= 15 is 0 Å². The van der Waals surface area contributed by atoms with Crippen molar-refractivity contribution in [1.29, 1.82) is 0 Å². The van der Waals surface area contributed by atoms with Crippen LogP contribution in [0.1, 0.15) is 64.1 Å². The van der Waals surface area contributed by atoms with Crippen molar-refractivity contribution >= 4 is 0 Å². The molecule has 2 atom stereocenters. The highest BCUT2D eigenvalue weighted by Gasteiger charge is 2.33. The molecule has 0 aliphatic heterocycles. The molecule has 2 heteroatoms. The SMILES string of the molecule is CCCNC1c2ccccc2CCC1OC(C)(C)CC. The van der Waals surface area contributed by atoms with E-state index in [4.69, 9.17) is 4.74 Å². The van der Waals surface area contributed by atoms with Crippen LogP contribution in [-0.2, 0) is 11.2 Å². The summed E-state index contributed by atoms with van der Waals surface area (Å²) in [4.78, 5) is 0. The molecule has 1 aliphatic rings. The maximum absolute atomic E-state index is 6.43. The van der Waals surface area contributed by atoms with E-state index in [2.05, 4.69) is 57.3 Å². The van der Waals surface area contributed by atoms with Crippen molar-refractivity contribution in [2.45, 2.75) is 71.1 Å². The van der Waals surface area contributed by atoms with Gasteiger partial charge in [0.15, 0.2) is 0 Å². The average molecular weight is 275 g/mol. The summed E-state index contributed by atoms with van der Waals surface area (Å²) in [6.07, 6.45) is 4.73. The number of hydrogen-bond acceptors (Lipinski definition) is 2. The highest BCUT2D eigenvalue weighted by atomic mass is 16.5. The lowest BCUT2D eigenvalue weighted by Crippen LogP contribution is -2.42. The van der Waals surface area contributed by atoms with E-state index in [1.54, 1.807) is 0 Å². The van der Waals surface area contributed by atoms with Gasteiger partial charge in [-0.2, -0.15) is 0 Å². The predicted molar refractivity (Wildman–Crippen MR) is 85.0 cm³/mol. The molecule has 1 aromatic rings. The lowest BCUT2D eigenvalue weighted by atomic mass is 9.85. The fourth-order valence-corrected chi connectivity index (χ4v) is 2.89. The van der Waals surface area contributed by atoms with Gasteiger partial charge in [0, 0.05) is 0 Å². The number of hydrogen-bond donors (Lipinski definition) is 1. The molecule has 0 spiro atoms. The Balaban J connectivity index is 2.20. The molecule has 2 unspecified atom stereocenters. The molecule has 1 aromatic carbocycles. The molecule has 2 rings (SSSR count). The summed E-state index contributed by atoms with van der Waals surface area (Å²) in [5.74, 6) is 0. The summed E-state index contributed by atoms with van der Waals surface area (Å²) in [6, 6.07) is 9.15. The first-order chi connectivity index (χ1) is 9.57. The molecule has 112 valence electrons. The van der Waals surface area contributed by atoms with Crippen LogP contribution in [0.3, 0.4) is 0 Å². The molecule has 0 aromatic heterocycles. The van der Waals surface area contributed by atoms with Crippen LogP contribution >= 0.6 is 0 Å². The van der Waals surface area contributed by atoms with Crippen LogP contribution in [0.15, 0.2) is 24.3 Å². The van der Waals surface area contributed by atoms with Gasteiger partial charge in [-0.1, -0.05) is 38.1 Å². The molecule has 1 N–H and O–H groups in total. The van der Waals surface area contributed by atoms with E-state index in [1.807, 2.05) is 0 Å². The summed E-state index contributed by atoms with van der Waals surface area (Å²) in [5.41, 5.74) is 2.88. The zero-order valence-corrected chi connectivity index (χ0v) is 13.4. The first-order valence-corrected chi connectivity index (χ1v) is 8.06. The minimum atomic E-state index is -0.0386. The minimum Gasteiger partial charge on any atom is -0.370 e. The highest BCUT2D eigenvalue weighted by Crippen LogP contribution is 2.34. The van der Waals surface area contributed by atoms with Crippen molar-refractivity contribution in [3.05, 3.63) is 35.4 Å². The van der Waals surface area contributed by atoms with E-state index < -0.39 is 0 Å². The number of benzene rings is 1. The van der Waals surface area contributed by atoms with Crippen molar-refractivity contribution < 1.29 is 4.74 Å². The van der Waals surface area contributed by atoms with E-state index in [9.17, 15) is 0 Å². The van der Waals surface area contributed by atoms with Crippen LogP contribution in [0.2, 0.25) is 0 Å². The topological polar surface area (TPSA) is 21.3 Å². The van der Waals surface area contributed by atoms with Gasteiger partial charge >= 0.3 is 0 Å².